The molecule has 0 aliphatic carbocycles. The van der Waals surface area contributed by atoms with Gasteiger partial charge in [0.25, 0.3) is 5.91 Å². The average molecular weight is 349 g/mol. The fraction of sp³-hybridized carbons (Fsp3) is 0.412. The van der Waals surface area contributed by atoms with Crippen LogP contribution in [0.2, 0.25) is 0 Å². The molecule has 0 saturated carbocycles. The van der Waals surface area contributed by atoms with Crippen molar-refractivity contribution in [2.24, 2.45) is 5.92 Å². The SMILES string of the molecule is CNc1nc(C(=O)N2CCC[C@@H](COc3ccccc3F)C2)cs1. The number of piperidine rings is 1. The number of thiazole rings is 1. The summed E-state index contributed by atoms with van der Waals surface area (Å²) in [6, 6.07) is 6.39. The van der Waals surface area contributed by atoms with Gasteiger partial charge in [0.05, 0.1) is 6.61 Å². The van der Waals surface area contributed by atoms with Crippen molar-refractivity contribution in [1.82, 2.24) is 9.88 Å². The predicted octanol–water partition coefficient (Wildman–Crippen LogP) is 3.26. The maximum Gasteiger partial charge on any atom is 0.273 e. The number of carbonyl (C=O) groups is 1. The average Bonchev–Trinajstić information content (AvgIpc) is 3.10. The van der Waals surface area contributed by atoms with Gasteiger partial charge in [0.1, 0.15) is 5.69 Å². The molecule has 0 radical (unpaired) electrons. The normalized spacial score (nSPS) is 17.6. The Morgan fingerprint density at radius 1 is 1.50 bits per heavy atom. The summed E-state index contributed by atoms with van der Waals surface area (Å²) in [7, 11) is 1.78. The number of hydrogen-bond donors (Lipinski definition) is 1. The first-order chi connectivity index (χ1) is 11.7. The zero-order chi connectivity index (χ0) is 16.9. The van der Waals surface area contributed by atoms with Gasteiger partial charge in [-0.3, -0.25) is 4.79 Å². The fourth-order valence-corrected chi connectivity index (χ4v) is 3.45. The monoisotopic (exact) mass is 349 g/mol. The van der Waals surface area contributed by atoms with E-state index in [-0.39, 0.29) is 23.4 Å². The molecule has 5 nitrogen and oxygen atoms in total. The Balaban J connectivity index is 1.58. The molecule has 128 valence electrons. The van der Waals surface area contributed by atoms with Crippen LogP contribution in [0.1, 0.15) is 23.3 Å². The van der Waals surface area contributed by atoms with Crippen molar-refractivity contribution in [3.8, 4) is 5.75 Å². The van der Waals surface area contributed by atoms with Crippen LogP contribution in [0.4, 0.5) is 9.52 Å². The number of halogens is 1. The lowest BCUT2D eigenvalue weighted by Gasteiger charge is -2.32. The van der Waals surface area contributed by atoms with E-state index in [1.807, 2.05) is 4.90 Å². The molecule has 24 heavy (non-hydrogen) atoms. The van der Waals surface area contributed by atoms with Crippen LogP contribution in [0.3, 0.4) is 0 Å². The molecule has 1 aliphatic heterocycles. The third-order valence-corrected chi connectivity index (χ3v) is 4.91. The van der Waals surface area contributed by atoms with Gasteiger partial charge in [-0.1, -0.05) is 12.1 Å². The Bertz CT molecular complexity index is 707. The topological polar surface area (TPSA) is 54.5 Å². The maximum atomic E-state index is 13.6. The van der Waals surface area contributed by atoms with E-state index >= 15 is 0 Å². The zero-order valence-electron chi connectivity index (χ0n) is 13.5. The smallest absolute Gasteiger partial charge is 0.273 e. The van der Waals surface area contributed by atoms with Crippen LogP contribution in [0.25, 0.3) is 0 Å². The van der Waals surface area contributed by atoms with E-state index in [1.165, 1.54) is 17.4 Å². The van der Waals surface area contributed by atoms with Gasteiger partial charge in [0.15, 0.2) is 16.7 Å². The van der Waals surface area contributed by atoms with Crippen molar-refractivity contribution < 1.29 is 13.9 Å². The van der Waals surface area contributed by atoms with E-state index in [2.05, 4.69) is 10.3 Å². The van der Waals surface area contributed by atoms with E-state index in [1.54, 1.807) is 30.6 Å². The second-order valence-electron chi connectivity index (χ2n) is 5.79. The number of para-hydroxylation sites is 1. The Kier molecular flexibility index (Phi) is 5.30. The number of carbonyl (C=O) groups excluding carboxylic acids is 1. The number of nitrogens with one attached hydrogen (secondary N) is 1. The highest BCUT2D eigenvalue weighted by molar-refractivity contribution is 7.13. The Hall–Kier alpha value is -2.15. The van der Waals surface area contributed by atoms with Crippen LogP contribution in [0.5, 0.6) is 5.75 Å². The molecule has 1 atom stereocenters. The largest absolute Gasteiger partial charge is 0.490 e. The van der Waals surface area contributed by atoms with Gasteiger partial charge in [0.2, 0.25) is 0 Å². The van der Waals surface area contributed by atoms with Gasteiger partial charge in [-0.2, -0.15) is 0 Å². The van der Waals surface area contributed by atoms with Gasteiger partial charge in [-0.25, -0.2) is 9.37 Å². The minimum atomic E-state index is -0.358. The molecule has 1 aromatic heterocycles. The highest BCUT2D eigenvalue weighted by atomic mass is 32.1. The molecule has 0 unspecified atom stereocenters. The highest BCUT2D eigenvalue weighted by Gasteiger charge is 2.26. The number of likely N-dealkylation sites (tertiary alicyclic amines) is 1. The van der Waals surface area contributed by atoms with Crippen molar-refractivity contribution in [2.75, 3.05) is 32.1 Å². The Labute approximate surface area is 144 Å². The van der Waals surface area contributed by atoms with E-state index in [0.29, 0.717) is 18.8 Å². The number of benzene rings is 1. The summed E-state index contributed by atoms with van der Waals surface area (Å²) in [5.74, 6) is 0.0514. The van der Waals surface area contributed by atoms with Gasteiger partial charge >= 0.3 is 0 Å². The van der Waals surface area contributed by atoms with Crippen molar-refractivity contribution >= 4 is 22.4 Å². The number of nitrogens with zero attached hydrogens (tertiary/aromatic N) is 2. The van der Waals surface area contributed by atoms with Crippen molar-refractivity contribution in [1.29, 1.82) is 0 Å². The number of ether oxygens (including phenoxy) is 1. The number of aromatic nitrogens is 1. The number of rotatable bonds is 5. The molecule has 1 aromatic carbocycles. The second kappa shape index (κ2) is 7.61. The number of amides is 1. The first-order valence-corrected chi connectivity index (χ1v) is 8.85. The number of hydrogen-bond acceptors (Lipinski definition) is 5. The molecule has 1 amide bonds. The van der Waals surface area contributed by atoms with E-state index in [0.717, 1.165) is 24.5 Å². The molecule has 1 saturated heterocycles. The van der Waals surface area contributed by atoms with Gasteiger partial charge in [-0.15, -0.1) is 11.3 Å². The highest BCUT2D eigenvalue weighted by Crippen LogP contribution is 2.23. The summed E-state index contributed by atoms with van der Waals surface area (Å²) in [6.07, 6.45) is 1.89. The van der Waals surface area contributed by atoms with Gasteiger partial charge in [-0.05, 0) is 25.0 Å². The summed E-state index contributed by atoms with van der Waals surface area (Å²) in [5.41, 5.74) is 0.472. The van der Waals surface area contributed by atoms with Crippen LogP contribution >= 0.6 is 11.3 Å². The third kappa shape index (κ3) is 3.84. The summed E-state index contributed by atoms with van der Waals surface area (Å²) in [6.45, 7) is 1.74. The van der Waals surface area contributed by atoms with E-state index in [9.17, 15) is 9.18 Å². The molecule has 1 N–H and O–H groups in total. The lowest BCUT2D eigenvalue weighted by atomic mass is 9.98. The van der Waals surface area contributed by atoms with Gasteiger partial charge < -0.3 is 15.0 Å². The minimum Gasteiger partial charge on any atom is -0.490 e. The molecule has 0 spiro atoms. The molecular formula is C17H20FN3O2S. The Morgan fingerprint density at radius 3 is 3.08 bits per heavy atom. The van der Waals surface area contributed by atoms with Crippen molar-refractivity contribution in [3.05, 3.63) is 41.2 Å². The molecule has 1 aliphatic rings. The molecule has 2 aromatic rings. The van der Waals surface area contributed by atoms with Crippen molar-refractivity contribution in [3.63, 3.8) is 0 Å². The maximum absolute atomic E-state index is 13.6. The van der Waals surface area contributed by atoms with Crippen LogP contribution < -0.4 is 10.1 Å². The first-order valence-electron chi connectivity index (χ1n) is 7.97. The van der Waals surface area contributed by atoms with Crippen LogP contribution in [-0.2, 0) is 0 Å². The summed E-state index contributed by atoms with van der Waals surface area (Å²) in [4.78, 5) is 18.6. The summed E-state index contributed by atoms with van der Waals surface area (Å²) < 4.78 is 19.2. The minimum absolute atomic E-state index is 0.0525. The van der Waals surface area contributed by atoms with Crippen LogP contribution in [0, 0.1) is 11.7 Å². The lowest BCUT2D eigenvalue weighted by Crippen LogP contribution is -2.41. The molecular weight excluding hydrogens is 329 g/mol. The third-order valence-electron chi connectivity index (χ3n) is 4.05. The molecule has 1 fully saturated rings. The van der Waals surface area contributed by atoms with E-state index < -0.39 is 0 Å². The molecule has 0 bridgehead atoms. The quantitative estimate of drug-likeness (QED) is 0.900. The second-order valence-corrected chi connectivity index (χ2v) is 6.65. The molecule has 2 heterocycles. The molecule has 3 rings (SSSR count). The fourth-order valence-electron chi connectivity index (χ4n) is 2.80. The van der Waals surface area contributed by atoms with Gasteiger partial charge in [0, 0.05) is 31.4 Å². The Morgan fingerprint density at radius 2 is 2.33 bits per heavy atom. The lowest BCUT2D eigenvalue weighted by molar-refractivity contribution is 0.0626. The summed E-state index contributed by atoms with van der Waals surface area (Å²) in [5, 5.41) is 5.44. The first kappa shape index (κ1) is 16.7. The molecule has 7 heteroatoms. The predicted molar refractivity (Wildman–Crippen MR) is 92.2 cm³/mol. The zero-order valence-corrected chi connectivity index (χ0v) is 14.3. The van der Waals surface area contributed by atoms with Crippen LogP contribution in [0.15, 0.2) is 29.6 Å². The van der Waals surface area contributed by atoms with E-state index in [4.69, 9.17) is 4.74 Å². The van der Waals surface area contributed by atoms with Crippen molar-refractivity contribution in [2.45, 2.75) is 12.8 Å². The summed E-state index contributed by atoms with van der Waals surface area (Å²) >= 11 is 1.42. The van der Waals surface area contributed by atoms with Crippen LogP contribution in [-0.4, -0.2) is 42.5 Å². The number of anilines is 1. The standard InChI is InChI=1S/C17H20FN3O2S/c1-19-17-20-14(11-24-17)16(22)21-8-4-5-12(9-21)10-23-15-7-3-2-6-13(15)18/h2-3,6-7,11-12H,4-5,8-10H2,1H3,(H,19,20)/t12-/m1/s1.